The van der Waals surface area contributed by atoms with E-state index in [9.17, 15) is 4.79 Å². The standard InChI is InChI=1S/C15H13ClO2/c1-9-6-12(7-10(2)14(9)15(17)18)11-4-3-5-13(16)8-11/h3-8H,1-2H3,(H,17,18). The molecule has 0 saturated heterocycles. The van der Waals surface area contributed by atoms with Gasteiger partial charge >= 0.3 is 5.97 Å². The Balaban J connectivity index is 2.58. The van der Waals surface area contributed by atoms with Crippen molar-refractivity contribution in [2.24, 2.45) is 0 Å². The normalized spacial score (nSPS) is 10.4. The molecule has 3 heteroatoms. The monoisotopic (exact) mass is 260 g/mol. The predicted molar refractivity (Wildman–Crippen MR) is 73.3 cm³/mol. The number of hydrogen-bond acceptors (Lipinski definition) is 1. The number of aromatic carboxylic acids is 1. The summed E-state index contributed by atoms with van der Waals surface area (Å²) in [7, 11) is 0. The lowest BCUT2D eigenvalue weighted by Gasteiger charge is -2.09. The minimum absolute atomic E-state index is 0.376. The van der Waals surface area contributed by atoms with Crippen LogP contribution in [0.25, 0.3) is 11.1 Å². The van der Waals surface area contributed by atoms with Crippen molar-refractivity contribution < 1.29 is 9.90 Å². The van der Waals surface area contributed by atoms with Crippen LogP contribution in [0, 0.1) is 13.8 Å². The Bertz CT molecular complexity index is 595. The van der Waals surface area contributed by atoms with Crippen LogP contribution in [-0.4, -0.2) is 11.1 Å². The smallest absolute Gasteiger partial charge is 0.336 e. The molecule has 18 heavy (non-hydrogen) atoms. The van der Waals surface area contributed by atoms with Gasteiger partial charge in [0.1, 0.15) is 0 Å². The highest BCUT2D eigenvalue weighted by Gasteiger charge is 2.12. The van der Waals surface area contributed by atoms with Crippen LogP contribution in [-0.2, 0) is 0 Å². The van der Waals surface area contributed by atoms with Gasteiger partial charge in [-0.2, -0.15) is 0 Å². The average molecular weight is 261 g/mol. The molecule has 0 heterocycles. The fraction of sp³-hybridized carbons (Fsp3) is 0.133. The molecule has 0 aliphatic rings. The second kappa shape index (κ2) is 4.83. The molecule has 0 aromatic heterocycles. The number of benzene rings is 2. The third kappa shape index (κ3) is 2.39. The summed E-state index contributed by atoms with van der Waals surface area (Å²) in [6.45, 7) is 3.62. The Hall–Kier alpha value is -1.80. The van der Waals surface area contributed by atoms with Gasteiger partial charge in [-0.3, -0.25) is 0 Å². The van der Waals surface area contributed by atoms with E-state index in [1.54, 1.807) is 0 Å². The van der Waals surface area contributed by atoms with Crippen molar-refractivity contribution in [3.05, 3.63) is 58.1 Å². The van der Waals surface area contributed by atoms with Gasteiger partial charge in [0.2, 0.25) is 0 Å². The number of carboxylic acid groups (broad SMARTS) is 1. The van der Waals surface area contributed by atoms with Crippen LogP contribution in [0.4, 0.5) is 0 Å². The Morgan fingerprint density at radius 1 is 1.06 bits per heavy atom. The van der Waals surface area contributed by atoms with Crippen LogP contribution in [0.5, 0.6) is 0 Å². The highest BCUT2D eigenvalue weighted by Crippen LogP contribution is 2.27. The summed E-state index contributed by atoms with van der Waals surface area (Å²) in [6.07, 6.45) is 0. The molecule has 0 unspecified atom stereocenters. The number of rotatable bonds is 2. The molecule has 2 nitrogen and oxygen atoms in total. The van der Waals surface area contributed by atoms with Crippen molar-refractivity contribution in [2.75, 3.05) is 0 Å². The average Bonchev–Trinajstić information content (AvgIpc) is 2.27. The van der Waals surface area contributed by atoms with Gasteiger partial charge in [0.15, 0.2) is 0 Å². The maximum absolute atomic E-state index is 11.1. The first kappa shape index (κ1) is 12.7. The van der Waals surface area contributed by atoms with Crippen molar-refractivity contribution in [2.45, 2.75) is 13.8 Å². The van der Waals surface area contributed by atoms with Crippen molar-refractivity contribution in [3.8, 4) is 11.1 Å². The Morgan fingerprint density at radius 2 is 1.67 bits per heavy atom. The number of halogens is 1. The first-order valence-electron chi connectivity index (χ1n) is 5.59. The van der Waals surface area contributed by atoms with Gasteiger partial charge in [0.05, 0.1) is 5.56 Å². The maximum atomic E-state index is 11.1. The van der Waals surface area contributed by atoms with Crippen LogP contribution in [0.15, 0.2) is 36.4 Å². The fourth-order valence-corrected chi connectivity index (χ4v) is 2.33. The van der Waals surface area contributed by atoms with Gasteiger partial charge < -0.3 is 5.11 Å². The second-order valence-electron chi connectivity index (χ2n) is 4.30. The number of hydrogen-bond donors (Lipinski definition) is 1. The summed E-state index contributed by atoms with van der Waals surface area (Å²) >= 11 is 5.96. The lowest BCUT2D eigenvalue weighted by atomic mass is 9.96. The molecule has 0 amide bonds. The SMILES string of the molecule is Cc1cc(-c2cccc(Cl)c2)cc(C)c1C(=O)O. The molecule has 92 valence electrons. The lowest BCUT2D eigenvalue weighted by molar-refractivity contribution is 0.0695. The molecule has 2 rings (SSSR count). The molecule has 0 aliphatic carbocycles. The van der Waals surface area contributed by atoms with Gasteiger partial charge in [0, 0.05) is 5.02 Å². The fourth-order valence-electron chi connectivity index (χ4n) is 2.14. The summed E-state index contributed by atoms with van der Waals surface area (Å²) in [5.74, 6) is -0.886. The minimum atomic E-state index is -0.886. The molecule has 0 fully saturated rings. The first-order valence-corrected chi connectivity index (χ1v) is 5.97. The Labute approximate surface area is 111 Å². The highest BCUT2D eigenvalue weighted by molar-refractivity contribution is 6.30. The van der Waals surface area contributed by atoms with E-state index in [2.05, 4.69) is 0 Å². The molecule has 0 atom stereocenters. The van der Waals surface area contributed by atoms with Gasteiger partial charge in [-0.05, 0) is 48.2 Å². The summed E-state index contributed by atoms with van der Waals surface area (Å²) in [5, 5.41) is 9.80. The molecule has 0 aliphatic heterocycles. The van der Waals surface area contributed by atoms with E-state index in [4.69, 9.17) is 16.7 Å². The largest absolute Gasteiger partial charge is 0.478 e. The molecule has 0 radical (unpaired) electrons. The Kier molecular flexibility index (Phi) is 3.39. The van der Waals surface area contributed by atoms with E-state index in [0.29, 0.717) is 10.6 Å². The van der Waals surface area contributed by atoms with Gasteiger partial charge in [-0.15, -0.1) is 0 Å². The Morgan fingerprint density at radius 3 is 2.17 bits per heavy atom. The van der Waals surface area contributed by atoms with Crippen molar-refractivity contribution >= 4 is 17.6 Å². The molecule has 0 bridgehead atoms. The zero-order valence-electron chi connectivity index (χ0n) is 10.2. The molecular formula is C15H13ClO2. The summed E-state index contributed by atoms with van der Waals surface area (Å²) in [6, 6.07) is 11.3. The topological polar surface area (TPSA) is 37.3 Å². The minimum Gasteiger partial charge on any atom is -0.478 e. The number of carbonyl (C=O) groups is 1. The van der Waals surface area contributed by atoms with Crippen LogP contribution in [0.3, 0.4) is 0 Å². The first-order chi connectivity index (χ1) is 8.49. The number of carboxylic acids is 1. The second-order valence-corrected chi connectivity index (χ2v) is 4.74. The summed E-state index contributed by atoms with van der Waals surface area (Å²) in [4.78, 5) is 11.1. The maximum Gasteiger partial charge on any atom is 0.336 e. The summed E-state index contributed by atoms with van der Waals surface area (Å²) < 4.78 is 0. The third-order valence-corrected chi connectivity index (χ3v) is 3.14. The van der Waals surface area contributed by atoms with E-state index >= 15 is 0 Å². The number of aryl methyl sites for hydroxylation is 2. The van der Waals surface area contributed by atoms with E-state index < -0.39 is 5.97 Å². The van der Waals surface area contributed by atoms with Crippen LogP contribution in [0.1, 0.15) is 21.5 Å². The van der Waals surface area contributed by atoms with E-state index in [-0.39, 0.29) is 0 Å². The molecular weight excluding hydrogens is 248 g/mol. The zero-order chi connectivity index (χ0) is 13.3. The lowest BCUT2D eigenvalue weighted by Crippen LogP contribution is -2.03. The van der Waals surface area contributed by atoms with Crippen LogP contribution in [0.2, 0.25) is 5.02 Å². The highest BCUT2D eigenvalue weighted by atomic mass is 35.5. The van der Waals surface area contributed by atoms with Gasteiger partial charge in [-0.1, -0.05) is 35.9 Å². The zero-order valence-corrected chi connectivity index (χ0v) is 11.0. The van der Waals surface area contributed by atoms with Crippen molar-refractivity contribution in [1.29, 1.82) is 0 Å². The quantitative estimate of drug-likeness (QED) is 0.873. The van der Waals surface area contributed by atoms with Crippen molar-refractivity contribution in [1.82, 2.24) is 0 Å². The molecule has 2 aromatic carbocycles. The van der Waals surface area contributed by atoms with Crippen molar-refractivity contribution in [3.63, 3.8) is 0 Å². The van der Waals surface area contributed by atoms with Crippen LogP contribution < -0.4 is 0 Å². The molecule has 0 spiro atoms. The predicted octanol–water partition coefficient (Wildman–Crippen LogP) is 4.32. The molecule has 1 N–H and O–H groups in total. The van der Waals surface area contributed by atoms with Gasteiger partial charge in [-0.25, -0.2) is 4.79 Å². The summed E-state index contributed by atoms with van der Waals surface area (Å²) in [5.41, 5.74) is 3.87. The third-order valence-electron chi connectivity index (χ3n) is 2.90. The van der Waals surface area contributed by atoms with Gasteiger partial charge in [0.25, 0.3) is 0 Å². The van der Waals surface area contributed by atoms with E-state index in [1.807, 2.05) is 50.2 Å². The van der Waals surface area contributed by atoms with E-state index in [0.717, 1.165) is 22.3 Å². The molecule has 0 saturated carbocycles. The molecule has 2 aromatic rings. The van der Waals surface area contributed by atoms with Crippen LogP contribution >= 0.6 is 11.6 Å². The van der Waals surface area contributed by atoms with E-state index in [1.165, 1.54) is 0 Å².